The van der Waals surface area contributed by atoms with Crippen molar-refractivity contribution < 1.29 is 4.74 Å². The van der Waals surface area contributed by atoms with Gasteiger partial charge in [-0.2, -0.15) is 0 Å². The average molecular weight is 310 g/mol. The minimum Gasteiger partial charge on any atom is -0.496 e. The van der Waals surface area contributed by atoms with Gasteiger partial charge in [0.1, 0.15) is 5.75 Å². The molecule has 118 valence electrons. The summed E-state index contributed by atoms with van der Waals surface area (Å²) in [4.78, 5) is 0. The zero-order valence-electron chi connectivity index (χ0n) is 13.5. The molecule has 2 unspecified atom stereocenters. The minimum absolute atomic E-state index is 0.563. The lowest BCUT2D eigenvalue weighted by Gasteiger charge is -2.33. The Kier molecular flexibility index (Phi) is 6.38. The van der Waals surface area contributed by atoms with Gasteiger partial charge in [-0.1, -0.05) is 38.3 Å². The summed E-state index contributed by atoms with van der Waals surface area (Å²) < 4.78 is 5.50. The first kappa shape index (κ1) is 16.6. The first-order chi connectivity index (χ1) is 10.1. The van der Waals surface area contributed by atoms with E-state index in [-0.39, 0.29) is 0 Å². The first-order valence-electron chi connectivity index (χ1n) is 8.16. The SMILES string of the molecule is COc1ccc(Cl)cc1CC1CCCCC1CNC(C)C. The molecule has 1 fully saturated rings. The number of methoxy groups -OCH3 is 1. The molecular formula is C18H28ClNO. The third-order valence-electron chi connectivity index (χ3n) is 4.58. The van der Waals surface area contributed by atoms with Crippen molar-refractivity contribution >= 4 is 11.6 Å². The molecule has 3 heteroatoms. The normalized spacial score (nSPS) is 22.5. The highest BCUT2D eigenvalue weighted by Crippen LogP contribution is 2.35. The van der Waals surface area contributed by atoms with Gasteiger partial charge in [-0.3, -0.25) is 0 Å². The van der Waals surface area contributed by atoms with Gasteiger partial charge in [0.2, 0.25) is 0 Å². The molecule has 2 atom stereocenters. The van der Waals surface area contributed by atoms with Crippen LogP contribution in [0.4, 0.5) is 0 Å². The predicted molar refractivity (Wildman–Crippen MR) is 90.3 cm³/mol. The molecule has 0 radical (unpaired) electrons. The Labute approximate surface area is 134 Å². The highest BCUT2D eigenvalue weighted by molar-refractivity contribution is 6.30. The summed E-state index contributed by atoms with van der Waals surface area (Å²) in [5, 5.41) is 4.42. The van der Waals surface area contributed by atoms with E-state index in [0.717, 1.165) is 35.6 Å². The summed E-state index contributed by atoms with van der Waals surface area (Å²) in [6, 6.07) is 6.53. The van der Waals surface area contributed by atoms with Crippen LogP contribution in [0.15, 0.2) is 18.2 Å². The van der Waals surface area contributed by atoms with E-state index in [2.05, 4.69) is 25.2 Å². The molecule has 1 aliphatic carbocycles. The third kappa shape index (κ3) is 4.89. The van der Waals surface area contributed by atoms with Gasteiger partial charge in [0.05, 0.1) is 7.11 Å². The van der Waals surface area contributed by atoms with Gasteiger partial charge in [0.25, 0.3) is 0 Å². The molecule has 1 aromatic rings. The maximum Gasteiger partial charge on any atom is 0.122 e. The molecule has 0 saturated heterocycles. The summed E-state index contributed by atoms with van der Waals surface area (Å²) in [7, 11) is 1.74. The van der Waals surface area contributed by atoms with Gasteiger partial charge in [0.15, 0.2) is 0 Å². The number of ether oxygens (including phenoxy) is 1. The van der Waals surface area contributed by atoms with E-state index in [1.807, 2.05) is 12.1 Å². The van der Waals surface area contributed by atoms with Crippen molar-refractivity contribution in [1.82, 2.24) is 5.32 Å². The van der Waals surface area contributed by atoms with Crippen LogP contribution >= 0.6 is 11.6 Å². The summed E-state index contributed by atoms with van der Waals surface area (Å²) in [6.07, 6.45) is 6.46. The lowest BCUT2D eigenvalue weighted by atomic mass is 9.76. The second kappa shape index (κ2) is 8.05. The highest BCUT2D eigenvalue weighted by Gasteiger charge is 2.26. The van der Waals surface area contributed by atoms with Crippen LogP contribution in [-0.2, 0) is 6.42 Å². The monoisotopic (exact) mass is 309 g/mol. The van der Waals surface area contributed by atoms with Crippen LogP contribution in [0.3, 0.4) is 0 Å². The standard InChI is InChI=1S/C18H28ClNO/c1-13(2)20-12-15-7-5-4-6-14(15)10-16-11-17(19)8-9-18(16)21-3/h8-9,11,13-15,20H,4-7,10,12H2,1-3H3. The Morgan fingerprint density at radius 1 is 1.24 bits per heavy atom. The van der Waals surface area contributed by atoms with Crippen molar-refractivity contribution in [2.45, 2.75) is 52.0 Å². The molecule has 0 spiro atoms. The smallest absolute Gasteiger partial charge is 0.122 e. The highest BCUT2D eigenvalue weighted by atomic mass is 35.5. The Balaban J connectivity index is 2.06. The summed E-state index contributed by atoms with van der Waals surface area (Å²) >= 11 is 6.16. The van der Waals surface area contributed by atoms with E-state index in [0.29, 0.717) is 6.04 Å². The molecule has 1 N–H and O–H groups in total. The number of halogens is 1. The fourth-order valence-corrected chi connectivity index (χ4v) is 3.59. The van der Waals surface area contributed by atoms with Crippen LogP contribution in [0, 0.1) is 11.8 Å². The second-order valence-corrected chi connectivity index (χ2v) is 6.96. The summed E-state index contributed by atoms with van der Waals surface area (Å²) in [6.45, 7) is 5.57. The van der Waals surface area contributed by atoms with Crippen LogP contribution in [0.1, 0.15) is 45.1 Å². The Morgan fingerprint density at radius 3 is 2.62 bits per heavy atom. The van der Waals surface area contributed by atoms with E-state index in [1.54, 1.807) is 7.11 Å². The zero-order chi connectivity index (χ0) is 15.2. The van der Waals surface area contributed by atoms with Crippen LogP contribution < -0.4 is 10.1 Å². The van der Waals surface area contributed by atoms with Crippen molar-refractivity contribution in [2.75, 3.05) is 13.7 Å². The fourth-order valence-electron chi connectivity index (χ4n) is 3.40. The molecule has 1 aliphatic rings. The maximum absolute atomic E-state index is 6.16. The first-order valence-corrected chi connectivity index (χ1v) is 8.53. The van der Waals surface area contributed by atoms with Crippen LogP contribution in [-0.4, -0.2) is 19.7 Å². The average Bonchev–Trinajstić information content (AvgIpc) is 2.46. The van der Waals surface area contributed by atoms with E-state index < -0.39 is 0 Å². The summed E-state index contributed by atoms with van der Waals surface area (Å²) in [5.74, 6) is 2.47. The molecule has 0 aliphatic heterocycles. The third-order valence-corrected chi connectivity index (χ3v) is 4.81. The lowest BCUT2D eigenvalue weighted by molar-refractivity contribution is 0.223. The van der Waals surface area contributed by atoms with E-state index in [9.17, 15) is 0 Å². The largest absolute Gasteiger partial charge is 0.496 e. The molecule has 2 nitrogen and oxygen atoms in total. The van der Waals surface area contributed by atoms with Gasteiger partial charge in [0, 0.05) is 11.1 Å². The molecule has 0 bridgehead atoms. The maximum atomic E-state index is 6.16. The van der Waals surface area contributed by atoms with Gasteiger partial charge in [-0.25, -0.2) is 0 Å². The quantitative estimate of drug-likeness (QED) is 0.822. The zero-order valence-corrected chi connectivity index (χ0v) is 14.2. The molecule has 1 aromatic carbocycles. The Hall–Kier alpha value is -0.730. The Morgan fingerprint density at radius 2 is 1.95 bits per heavy atom. The van der Waals surface area contributed by atoms with Crippen molar-refractivity contribution in [1.29, 1.82) is 0 Å². The second-order valence-electron chi connectivity index (χ2n) is 6.53. The molecule has 21 heavy (non-hydrogen) atoms. The van der Waals surface area contributed by atoms with Crippen molar-refractivity contribution in [3.05, 3.63) is 28.8 Å². The van der Waals surface area contributed by atoms with Crippen LogP contribution in [0.2, 0.25) is 5.02 Å². The van der Waals surface area contributed by atoms with Gasteiger partial charge in [-0.05, 0) is 61.4 Å². The van der Waals surface area contributed by atoms with Crippen molar-refractivity contribution in [3.8, 4) is 5.75 Å². The van der Waals surface area contributed by atoms with Crippen LogP contribution in [0.5, 0.6) is 5.75 Å². The molecule has 0 heterocycles. The van der Waals surface area contributed by atoms with Gasteiger partial charge in [-0.15, -0.1) is 0 Å². The topological polar surface area (TPSA) is 21.3 Å². The molecule has 1 saturated carbocycles. The summed E-state index contributed by atoms with van der Waals surface area (Å²) in [5.41, 5.74) is 1.26. The van der Waals surface area contributed by atoms with Gasteiger partial charge >= 0.3 is 0 Å². The van der Waals surface area contributed by atoms with Crippen LogP contribution in [0.25, 0.3) is 0 Å². The van der Waals surface area contributed by atoms with Crippen molar-refractivity contribution in [3.63, 3.8) is 0 Å². The van der Waals surface area contributed by atoms with E-state index >= 15 is 0 Å². The molecular weight excluding hydrogens is 282 g/mol. The number of hydrogen-bond donors (Lipinski definition) is 1. The van der Waals surface area contributed by atoms with E-state index in [4.69, 9.17) is 16.3 Å². The Bertz CT molecular complexity index is 447. The molecule has 0 aromatic heterocycles. The lowest BCUT2D eigenvalue weighted by Crippen LogP contribution is -2.35. The molecule has 0 amide bonds. The number of rotatable bonds is 6. The predicted octanol–water partition coefficient (Wildman–Crippen LogP) is 4.70. The number of benzene rings is 1. The fraction of sp³-hybridized carbons (Fsp3) is 0.667. The van der Waals surface area contributed by atoms with Gasteiger partial charge < -0.3 is 10.1 Å². The minimum atomic E-state index is 0.563. The van der Waals surface area contributed by atoms with E-state index in [1.165, 1.54) is 31.2 Å². The number of hydrogen-bond acceptors (Lipinski definition) is 2. The number of nitrogens with one attached hydrogen (secondary N) is 1. The molecule has 2 rings (SSSR count). The van der Waals surface area contributed by atoms with Crippen molar-refractivity contribution in [2.24, 2.45) is 11.8 Å².